The predicted molar refractivity (Wildman–Crippen MR) is 128 cm³/mol. The smallest absolute Gasteiger partial charge is 0.242 e. The molecular weight excluding hydrogens is 392 g/mol. The van der Waals surface area contributed by atoms with Crippen LogP contribution >= 0.6 is 12.2 Å². The van der Waals surface area contributed by atoms with Crippen LogP contribution in [0.2, 0.25) is 0 Å². The SMILES string of the molecule is Cc1cccc(CN2CCN(C(=O)CN(C)C(=S)Nc3cc(C)cc(C)c3)CC2)c1. The van der Waals surface area contributed by atoms with Crippen LogP contribution in [0.15, 0.2) is 42.5 Å². The normalized spacial score (nSPS) is 14.5. The maximum atomic E-state index is 12.8. The summed E-state index contributed by atoms with van der Waals surface area (Å²) in [4.78, 5) is 18.9. The third kappa shape index (κ3) is 6.28. The van der Waals surface area contributed by atoms with Crippen LogP contribution in [0.25, 0.3) is 0 Å². The fourth-order valence-electron chi connectivity index (χ4n) is 3.86. The van der Waals surface area contributed by atoms with E-state index in [1.165, 1.54) is 22.3 Å². The maximum absolute atomic E-state index is 12.8. The number of carbonyl (C=O) groups excluding carboxylic acids is 1. The lowest BCUT2D eigenvalue weighted by Crippen LogP contribution is -2.51. The number of piperazine rings is 1. The van der Waals surface area contributed by atoms with Gasteiger partial charge in [0, 0.05) is 45.5 Å². The minimum absolute atomic E-state index is 0.122. The molecule has 0 unspecified atom stereocenters. The largest absolute Gasteiger partial charge is 0.343 e. The van der Waals surface area contributed by atoms with Gasteiger partial charge in [0.2, 0.25) is 5.91 Å². The maximum Gasteiger partial charge on any atom is 0.242 e. The second-order valence-electron chi connectivity index (χ2n) is 8.31. The Kier molecular flexibility index (Phi) is 7.45. The molecule has 6 heteroatoms. The Hall–Kier alpha value is -2.44. The zero-order valence-corrected chi connectivity index (χ0v) is 19.3. The van der Waals surface area contributed by atoms with E-state index in [0.717, 1.165) is 38.4 Å². The number of aryl methyl sites for hydroxylation is 3. The fraction of sp³-hybridized carbons (Fsp3) is 0.417. The highest BCUT2D eigenvalue weighted by atomic mass is 32.1. The Bertz CT molecular complexity index is 886. The van der Waals surface area contributed by atoms with Gasteiger partial charge in [0.15, 0.2) is 5.11 Å². The Morgan fingerprint density at radius 2 is 1.67 bits per heavy atom. The molecule has 0 radical (unpaired) electrons. The van der Waals surface area contributed by atoms with Crippen molar-refractivity contribution in [3.8, 4) is 0 Å². The third-order valence-electron chi connectivity index (χ3n) is 5.41. The highest BCUT2D eigenvalue weighted by molar-refractivity contribution is 7.80. The molecule has 5 nitrogen and oxygen atoms in total. The molecular formula is C24H32N4OS. The summed E-state index contributed by atoms with van der Waals surface area (Å²) < 4.78 is 0. The van der Waals surface area contributed by atoms with Gasteiger partial charge in [-0.1, -0.05) is 35.9 Å². The van der Waals surface area contributed by atoms with Gasteiger partial charge in [-0.05, 0) is 61.8 Å². The predicted octanol–water partition coefficient (Wildman–Crippen LogP) is 3.58. The molecule has 0 aromatic heterocycles. The third-order valence-corrected chi connectivity index (χ3v) is 5.82. The lowest BCUT2D eigenvalue weighted by atomic mass is 10.1. The van der Waals surface area contributed by atoms with E-state index in [1.807, 2.05) is 16.8 Å². The number of hydrogen-bond donors (Lipinski definition) is 1. The highest BCUT2D eigenvalue weighted by Crippen LogP contribution is 2.15. The summed E-state index contributed by atoms with van der Waals surface area (Å²) >= 11 is 5.50. The average Bonchev–Trinajstić information content (AvgIpc) is 2.67. The fourth-order valence-corrected chi connectivity index (χ4v) is 4.05. The molecule has 1 fully saturated rings. The van der Waals surface area contributed by atoms with E-state index in [9.17, 15) is 4.79 Å². The van der Waals surface area contributed by atoms with Gasteiger partial charge in [-0.3, -0.25) is 9.69 Å². The van der Waals surface area contributed by atoms with Gasteiger partial charge >= 0.3 is 0 Å². The summed E-state index contributed by atoms with van der Waals surface area (Å²) in [7, 11) is 1.86. The quantitative estimate of drug-likeness (QED) is 0.743. The molecule has 1 heterocycles. The molecule has 1 aliphatic heterocycles. The Morgan fingerprint density at radius 1 is 1.00 bits per heavy atom. The zero-order valence-electron chi connectivity index (χ0n) is 18.4. The minimum atomic E-state index is 0.122. The molecule has 0 spiro atoms. The van der Waals surface area contributed by atoms with Crippen molar-refractivity contribution >= 4 is 28.9 Å². The highest BCUT2D eigenvalue weighted by Gasteiger charge is 2.22. The molecule has 0 saturated carbocycles. The van der Waals surface area contributed by atoms with Gasteiger partial charge < -0.3 is 15.1 Å². The second-order valence-corrected chi connectivity index (χ2v) is 8.70. The number of nitrogens with one attached hydrogen (secondary N) is 1. The van der Waals surface area contributed by atoms with Crippen LogP contribution in [0.1, 0.15) is 22.3 Å². The molecule has 160 valence electrons. The van der Waals surface area contributed by atoms with Crippen molar-refractivity contribution in [2.45, 2.75) is 27.3 Å². The first-order valence-electron chi connectivity index (χ1n) is 10.5. The molecule has 1 aliphatic rings. The van der Waals surface area contributed by atoms with E-state index in [4.69, 9.17) is 12.2 Å². The lowest BCUT2D eigenvalue weighted by molar-refractivity contribution is -0.133. The van der Waals surface area contributed by atoms with Crippen molar-refractivity contribution in [3.63, 3.8) is 0 Å². The molecule has 0 bridgehead atoms. The van der Waals surface area contributed by atoms with Crippen LogP contribution in [-0.2, 0) is 11.3 Å². The number of thiocarbonyl (C=S) groups is 1. The van der Waals surface area contributed by atoms with Crippen LogP contribution in [0, 0.1) is 20.8 Å². The van der Waals surface area contributed by atoms with E-state index >= 15 is 0 Å². The summed E-state index contributed by atoms with van der Waals surface area (Å²) in [6.07, 6.45) is 0. The van der Waals surface area contributed by atoms with Gasteiger partial charge in [0.05, 0.1) is 6.54 Å². The average molecular weight is 425 g/mol. The van der Waals surface area contributed by atoms with Gasteiger partial charge in [0.1, 0.15) is 0 Å². The van der Waals surface area contributed by atoms with E-state index < -0.39 is 0 Å². The number of hydrogen-bond acceptors (Lipinski definition) is 3. The summed E-state index contributed by atoms with van der Waals surface area (Å²) in [6.45, 7) is 10.8. The van der Waals surface area contributed by atoms with Gasteiger partial charge in [-0.15, -0.1) is 0 Å². The van der Waals surface area contributed by atoms with Crippen molar-refractivity contribution in [3.05, 3.63) is 64.7 Å². The number of amides is 1. The first kappa shape index (κ1) is 22.2. The summed E-state index contributed by atoms with van der Waals surface area (Å²) in [5.74, 6) is 0.122. The monoisotopic (exact) mass is 424 g/mol. The van der Waals surface area contributed by atoms with Crippen LogP contribution in [0.4, 0.5) is 5.69 Å². The molecule has 0 aliphatic carbocycles. The molecule has 3 rings (SSSR count). The Balaban J connectivity index is 1.46. The summed E-state index contributed by atoms with van der Waals surface area (Å²) in [5, 5.41) is 3.81. The number of carbonyl (C=O) groups is 1. The number of nitrogens with zero attached hydrogens (tertiary/aromatic N) is 3. The number of likely N-dealkylation sites (N-methyl/N-ethyl adjacent to an activating group) is 1. The first-order chi connectivity index (χ1) is 14.3. The van der Waals surface area contributed by atoms with Crippen molar-refractivity contribution in [1.82, 2.24) is 14.7 Å². The Morgan fingerprint density at radius 3 is 2.30 bits per heavy atom. The van der Waals surface area contributed by atoms with Crippen molar-refractivity contribution < 1.29 is 4.79 Å². The van der Waals surface area contributed by atoms with E-state index in [2.05, 4.69) is 73.5 Å². The standard InChI is InChI=1S/C24H32N4OS/c1-18-6-5-7-21(13-18)16-27-8-10-28(11-9-27)23(29)17-26(4)24(30)25-22-14-19(2)12-20(3)15-22/h5-7,12-15H,8-11,16-17H2,1-4H3,(H,25,30). The second kappa shape index (κ2) is 10.0. The van der Waals surface area contributed by atoms with Crippen molar-refractivity contribution in [2.75, 3.05) is 45.1 Å². The molecule has 1 N–H and O–H groups in total. The van der Waals surface area contributed by atoms with Crippen molar-refractivity contribution in [1.29, 1.82) is 0 Å². The molecule has 1 amide bonds. The van der Waals surface area contributed by atoms with E-state index in [0.29, 0.717) is 5.11 Å². The molecule has 1 saturated heterocycles. The minimum Gasteiger partial charge on any atom is -0.343 e. The lowest BCUT2D eigenvalue weighted by Gasteiger charge is -2.35. The number of rotatable bonds is 5. The molecule has 2 aromatic carbocycles. The van der Waals surface area contributed by atoms with Gasteiger partial charge in [0.25, 0.3) is 0 Å². The first-order valence-corrected chi connectivity index (χ1v) is 10.9. The van der Waals surface area contributed by atoms with Gasteiger partial charge in [-0.2, -0.15) is 0 Å². The topological polar surface area (TPSA) is 38.8 Å². The molecule has 30 heavy (non-hydrogen) atoms. The van der Waals surface area contributed by atoms with E-state index in [1.54, 1.807) is 0 Å². The zero-order chi connectivity index (χ0) is 21.7. The van der Waals surface area contributed by atoms with Gasteiger partial charge in [-0.25, -0.2) is 0 Å². The number of benzene rings is 2. The molecule has 0 atom stereocenters. The van der Waals surface area contributed by atoms with E-state index in [-0.39, 0.29) is 12.5 Å². The van der Waals surface area contributed by atoms with Crippen LogP contribution < -0.4 is 5.32 Å². The summed E-state index contributed by atoms with van der Waals surface area (Å²) in [6, 6.07) is 14.9. The van der Waals surface area contributed by atoms with Crippen LogP contribution in [-0.4, -0.2) is 65.5 Å². The number of anilines is 1. The Labute approximate surface area is 185 Å². The molecule has 2 aromatic rings. The van der Waals surface area contributed by atoms with Crippen molar-refractivity contribution in [2.24, 2.45) is 0 Å². The van der Waals surface area contributed by atoms with Crippen LogP contribution in [0.5, 0.6) is 0 Å². The van der Waals surface area contributed by atoms with Crippen LogP contribution in [0.3, 0.4) is 0 Å². The summed E-state index contributed by atoms with van der Waals surface area (Å²) in [5.41, 5.74) is 5.94.